The largest absolute Gasteiger partial charge is 0.454 e. The van der Waals surface area contributed by atoms with E-state index in [0.717, 1.165) is 21.9 Å². The fourth-order valence-corrected chi connectivity index (χ4v) is 3.28. The second kappa shape index (κ2) is 5.45. The Bertz CT molecular complexity index is 1170. The second-order valence-electron chi connectivity index (χ2n) is 6.54. The van der Waals surface area contributed by atoms with Crippen molar-refractivity contribution in [3.05, 3.63) is 71.7 Å². The number of rotatable bonds is 2. The normalized spacial score (nSPS) is 15.1. The first-order valence-corrected chi connectivity index (χ1v) is 8.43. The number of benzene rings is 2. The van der Waals surface area contributed by atoms with Crippen LogP contribution in [0.2, 0.25) is 0 Å². The van der Waals surface area contributed by atoms with Gasteiger partial charge in [-0.15, -0.1) is 0 Å². The van der Waals surface area contributed by atoms with Crippen LogP contribution in [-0.4, -0.2) is 10.2 Å². The molecule has 0 aliphatic heterocycles. The van der Waals surface area contributed by atoms with Gasteiger partial charge in [0.25, 0.3) is 0 Å². The Balaban J connectivity index is 1.71. The van der Waals surface area contributed by atoms with Crippen LogP contribution in [0.5, 0.6) is 0 Å². The van der Waals surface area contributed by atoms with Gasteiger partial charge in [-0.25, -0.2) is 0 Å². The lowest BCUT2D eigenvalue weighted by molar-refractivity contribution is 0.302. The standard InChI is InChI=1S/C21H16N2O2/c24-23-18-11-21(19-10-14-3-1-2-4-16(14)12-22-19)25-20-8-7-15(9-17(18)20)13-5-6-13/h1-4,7-13,24H,5-6H2. The summed E-state index contributed by atoms with van der Waals surface area (Å²) in [6, 6.07) is 17.9. The fourth-order valence-electron chi connectivity index (χ4n) is 3.28. The molecule has 1 aliphatic carbocycles. The first-order chi connectivity index (χ1) is 12.3. The lowest BCUT2D eigenvalue weighted by Crippen LogP contribution is -2.04. The second-order valence-corrected chi connectivity index (χ2v) is 6.54. The molecule has 4 heteroatoms. The molecular formula is C21H16N2O2. The van der Waals surface area contributed by atoms with Crippen LogP contribution in [0.3, 0.4) is 0 Å². The maximum Gasteiger partial charge on any atom is 0.155 e. The SMILES string of the molecule is ON=c1cc(-c2cc3ccccc3cn2)oc2ccc(C3CC3)cc12. The van der Waals surface area contributed by atoms with Gasteiger partial charge in [-0.2, -0.15) is 0 Å². The number of fused-ring (bicyclic) bond motifs is 2. The maximum atomic E-state index is 9.49. The fraction of sp³-hybridized carbons (Fsp3) is 0.143. The Labute approximate surface area is 144 Å². The van der Waals surface area contributed by atoms with Crippen molar-refractivity contribution in [1.29, 1.82) is 0 Å². The lowest BCUT2D eigenvalue weighted by Gasteiger charge is -2.06. The number of aromatic nitrogens is 1. The van der Waals surface area contributed by atoms with Crippen LogP contribution in [0.25, 0.3) is 33.2 Å². The molecule has 1 aliphatic rings. The average molecular weight is 328 g/mol. The van der Waals surface area contributed by atoms with Gasteiger partial charge >= 0.3 is 0 Å². The highest BCUT2D eigenvalue weighted by molar-refractivity contribution is 5.85. The molecule has 0 radical (unpaired) electrons. The molecular weight excluding hydrogens is 312 g/mol. The van der Waals surface area contributed by atoms with Gasteiger partial charge in [0, 0.05) is 23.0 Å². The number of nitrogens with zero attached hydrogens (tertiary/aromatic N) is 2. The molecule has 122 valence electrons. The van der Waals surface area contributed by atoms with Crippen molar-refractivity contribution in [1.82, 2.24) is 4.98 Å². The Morgan fingerprint density at radius 1 is 1.00 bits per heavy atom. The van der Waals surface area contributed by atoms with Crippen molar-refractivity contribution in [3.63, 3.8) is 0 Å². The topological polar surface area (TPSA) is 58.6 Å². The third-order valence-corrected chi connectivity index (χ3v) is 4.81. The van der Waals surface area contributed by atoms with Crippen molar-refractivity contribution < 1.29 is 9.62 Å². The summed E-state index contributed by atoms with van der Waals surface area (Å²) in [6.45, 7) is 0. The molecule has 2 heterocycles. The summed E-state index contributed by atoms with van der Waals surface area (Å²) in [5.41, 5.74) is 2.70. The third kappa shape index (κ3) is 2.47. The van der Waals surface area contributed by atoms with E-state index >= 15 is 0 Å². The molecule has 4 nitrogen and oxygen atoms in total. The zero-order chi connectivity index (χ0) is 16.8. The monoisotopic (exact) mass is 328 g/mol. The number of hydrogen-bond donors (Lipinski definition) is 1. The highest BCUT2D eigenvalue weighted by atomic mass is 16.4. The molecule has 1 N–H and O–H groups in total. The molecule has 5 rings (SSSR count). The van der Waals surface area contributed by atoms with E-state index in [1.807, 2.05) is 42.6 Å². The quantitative estimate of drug-likeness (QED) is 0.424. The van der Waals surface area contributed by atoms with Crippen molar-refractivity contribution >= 4 is 21.7 Å². The van der Waals surface area contributed by atoms with Crippen LogP contribution in [-0.2, 0) is 0 Å². The Kier molecular flexibility index (Phi) is 3.10. The average Bonchev–Trinajstić information content (AvgIpc) is 3.51. The van der Waals surface area contributed by atoms with Crippen LogP contribution in [0.4, 0.5) is 0 Å². The van der Waals surface area contributed by atoms with Gasteiger partial charge in [0.2, 0.25) is 0 Å². The molecule has 0 atom stereocenters. The minimum Gasteiger partial charge on any atom is -0.454 e. The van der Waals surface area contributed by atoms with Gasteiger partial charge in [0.1, 0.15) is 16.6 Å². The van der Waals surface area contributed by atoms with Crippen molar-refractivity contribution in [2.45, 2.75) is 18.8 Å². The Hall–Kier alpha value is -3.14. The van der Waals surface area contributed by atoms with Crippen molar-refractivity contribution in [2.24, 2.45) is 5.16 Å². The van der Waals surface area contributed by atoms with E-state index in [1.165, 1.54) is 18.4 Å². The van der Waals surface area contributed by atoms with E-state index in [9.17, 15) is 5.21 Å². The van der Waals surface area contributed by atoms with Crippen molar-refractivity contribution in [2.75, 3.05) is 0 Å². The summed E-state index contributed by atoms with van der Waals surface area (Å²) >= 11 is 0. The van der Waals surface area contributed by atoms with E-state index < -0.39 is 0 Å². The molecule has 0 unspecified atom stereocenters. The first-order valence-electron chi connectivity index (χ1n) is 8.43. The summed E-state index contributed by atoms with van der Waals surface area (Å²) in [7, 11) is 0. The smallest absolute Gasteiger partial charge is 0.155 e. The molecule has 4 aromatic rings. The van der Waals surface area contributed by atoms with Gasteiger partial charge in [-0.3, -0.25) is 4.98 Å². The molecule has 2 aromatic carbocycles. The van der Waals surface area contributed by atoms with Gasteiger partial charge in [0.15, 0.2) is 5.76 Å². The molecule has 25 heavy (non-hydrogen) atoms. The van der Waals surface area contributed by atoms with E-state index in [1.54, 1.807) is 6.07 Å². The van der Waals surface area contributed by atoms with Crippen LogP contribution in [0.15, 0.2) is 70.4 Å². The van der Waals surface area contributed by atoms with Crippen LogP contribution in [0.1, 0.15) is 24.3 Å². The van der Waals surface area contributed by atoms with Crippen LogP contribution < -0.4 is 5.36 Å². The van der Waals surface area contributed by atoms with Gasteiger partial charge in [-0.05, 0) is 47.9 Å². The predicted octanol–water partition coefficient (Wildman–Crippen LogP) is 4.82. The molecule has 1 saturated carbocycles. The van der Waals surface area contributed by atoms with Crippen LogP contribution >= 0.6 is 0 Å². The van der Waals surface area contributed by atoms with Gasteiger partial charge in [-0.1, -0.05) is 35.5 Å². The Morgan fingerprint density at radius 3 is 2.64 bits per heavy atom. The van der Waals surface area contributed by atoms with Gasteiger partial charge in [0.05, 0.1) is 0 Å². The molecule has 2 aromatic heterocycles. The van der Waals surface area contributed by atoms with Crippen LogP contribution in [0, 0.1) is 0 Å². The van der Waals surface area contributed by atoms with E-state index in [2.05, 4.69) is 22.3 Å². The lowest BCUT2D eigenvalue weighted by atomic mass is 10.1. The molecule has 0 bridgehead atoms. The summed E-state index contributed by atoms with van der Waals surface area (Å²) in [6.07, 6.45) is 4.29. The Morgan fingerprint density at radius 2 is 1.84 bits per heavy atom. The highest BCUT2D eigenvalue weighted by Gasteiger charge is 2.24. The molecule has 1 fully saturated rings. The van der Waals surface area contributed by atoms with Crippen molar-refractivity contribution in [3.8, 4) is 11.5 Å². The third-order valence-electron chi connectivity index (χ3n) is 4.81. The zero-order valence-electron chi connectivity index (χ0n) is 13.5. The number of pyridine rings is 1. The molecule has 0 spiro atoms. The zero-order valence-corrected chi connectivity index (χ0v) is 13.5. The van der Waals surface area contributed by atoms with E-state index in [0.29, 0.717) is 22.6 Å². The molecule has 0 amide bonds. The van der Waals surface area contributed by atoms with E-state index in [-0.39, 0.29) is 0 Å². The number of hydrogen-bond acceptors (Lipinski definition) is 4. The summed E-state index contributed by atoms with van der Waals surface area (Å²) in [5.74, 6) is 1.22. The minimum absolute atomic E-state index is 0.508. The maximum absolute atomic E-state index is 9.49. The predicted molar refractivity (Wildman–Crippen MR) is 96.3 cm³/mol. The van der Waals surface area contributed by atoms with E-state index in [4.69, 9.17) is 4.42 Å². The summed E-state index contributed by atoms with van der Waals surface area (Å²) < 4.78 is 6.06. The first kappa shape index (κ1) is 14.2. The highest BCUT2D eigenvalue weighted by Crippen LogP contribution is 2.40. The summed E-state index contributed by atoms with van der Waals surface area (Å²) in [5, 5.41) is 16.5. The minimum atomic E-state index is 0.508. The van der Waals surface area contributed by atoms with Gasteiger partial charge < -0.3 is 9.62 Å². The summed E-state index contributed by atoms with van der Waals surface area (Å²) in [4.78, 5) is 4.50. The molecule has 0 saturated heterocycles.